The van der Waals surface area contributed by atoms with Gasteiger partial charge < -0.3 is 4.42 Å². The van der Waals surface area contributed by atoms with E-state index in [9.17, 15) is 14.9 Å². The van der Waals surface area contributed by atoms with E-state index >= 15 is 0 Å². The number of carbonyl (C=O) groups excluding carboxylic acids is 1. The second-order valence-corrected chi connectivity index (χ2v) is 7.13. The van der Waals surface area contributed by atoms with Crippen molar-refractivity contribution in [1.82, 2.24) is 5.32 Å². The van der Waals surface area contributed by atoms with E-state index < -0.39 is 4.92 Å². The van der Waals surface area contributed by atoms with E-state index in [0.29, 0.717) is 27.2 Å². The summed E-state index contributed by atoms with van der Waals surface area (Å²) in [7, 11) is 0. The van der Waals surface area contributed by atoms with Crippen LogP contribution in [0.4, 0.5) is 5.69 Å². The molecule has 0 bridgehead atoms. The lowest BCUT2D eigenvalue weighted by atomic mass is 10.1. The van der Waals surface area contributed by atoms with Crippen LogP contribution >= 0.6 is 11.8 Å². The van der Waals surface area contributed by atoms with Crippen LogP contribution in [-0.4, -0.2) is 22.2 Å². The molecule has 1 aliphatic heterocycles. The lowest BCUT2D eigenvalue weighted by Crippen LogP contribution is -2.19. The number of para-hydroxylation sites is 1. The van der Waals surface area contributed by atoms with Crippen molar-refractivity contribution in [2.24, 2.45) is 10.2 Å². The van der Waals surface area contributed by atoms with Crippen LogP contribution in [-0.2, 0) is 4.79 Å². The monoisotopic (exact) mass is 418 g/mol. The summed E-state index contributed by atoms with van der Waals surface area (Å²) in [5, 5.41) is 22.2. The summed E-state index contributed by atoms with van der Waals surface area (Å²) in [5.74, 6) is 0.422. The van der Waals surface area contributed by atoms with Gasteiger partial charge in [-0.1, -0.05) is 42.5 Å². The van der Waals surface area contributed by atoms with E-state index in [0.717, 1.165) is 17.3 Å². The van der Waals surface area contributed by atoms with E-state index in [4.69, 9.17) is 4.42 Å². The molecule has 0 aliphatic carbocycles. The Morgan fingerprint density at radius 1 is 1.03 bits per heavy atom. The third-order valence-corrected chi connectivity index (χ3v) is 4.97. The summed E-state index contributed by atoms with van der Waals surface area (Å²) < 4.78 is 5.70. The number of hydrogen-bond donors (Lipinski definition) is 1. The number of hydrogen-bond acceptors (Lipinski definition) is 7. The maximum atomic E-state index is 12.2. The molecule has 9 heteroatoms. The van der Waals surface area contributed by atoms with Crippen molar-refractivity contribution < 1.29 is 14.1 Å². The van der Waals surface area contributed by atoms with Crippen LogP contribution in [0, 0.1) is 10.1 Å². The van der Waals surface area contributed by atoms with Crippen molar-refractivity contribution in [1.29, 1.82) is 0 Å². The topological polar surface area (TPSA) is 110 Å². The summed E-state index contributed by atoms with van der Waals surface area (Å²) in [4.78, 5) is 23.3. The quantitative estimate of drug-likeness (QED) is 0.285. The normalized spacial score (nSPS) is 16.5. The Morgan fingerprint density at radius 3 is 2.60 bits per heavy atom. The Bertz CT molecular complexity index is 1200. The summed E-state index contributed by atoms with van der Waals surface area (Å²) in [6, 6.07) is 19.1. The first kappa shape index (κ1) is 19.3. The standard InChI is InChI=1S/C21H14N4O4S/c26-20-19(30-21(23-20)24-22-13-14-6-2-1-3-7-14)12-15-10-11-18(29-15)16-8-4-5-9-17(16)25(27)28/h1-13H,(H,23,24,26). The summed E-state index contributed by atoms with van der Waals surface area (Å²) in [6.07, 6.45) is 3.15. The molecule has 4 rings (SSSR count). The SMILES string of the molecule is O=C1NC(=NN=Cc2ccccc2)SC1=Cc1ccc(-c2ccccc2[N+](=O)[O-])o1. The van der Waals surface area contributed by atoms with Gasteiger partial charge in [-0.2, -0.15) is 5.10 Å². The average Bonchev–Trinajstić information content (AvgIpc) is 3.36. The molecular weight excluding hydrogens is 404 g/mol. The molecule has 0 unspecified atom stereocenters. The van der Waals surface area contributed by atoms with Gasteiger partial charge in [-0.15, -0.1) is 5.10 Å². The number of amides is 1. The van der Waals surface area contributed by atoms with Crippen LogP contribution in [0.2, 0.25) is 0 Å². The van der Waals surface area contributed by atoms with Gasteiger partial charge in [-0.05, 0) is 35.5 Å². The first-order valence-electron chi connectivity index (χ1n) is 8.81. The number of nitro groups is 1. The van der Waals surface area contributed by atoms with Crippen molar-refractivity contribution >= 4 is 40.8 Å². The van der Waals surface area contributed by atoms with Crippen molar-refractivity contribution in [3.8, 4) is 11.3 Å². The summed E-state index contributed by atoms with van der Waals surface area (Å²) in [5.41, 5.74) is 1.21. The zero-order valence-corrected chi connectivity index (χ0v) is 16.2. The molecular formula is C21H14N4O4S. The van der Waals surface area contributed by atoms with Gasteiger partial charge >= 0.3 is 0 Å². The van der Waals surface area contributed by atoms with E-state index in [1.54, 1.807) is 42.6 Å². The maximum absolute atomic E-state index is 12.2. The van der Waals surface area contributed by atoms with Crippen LogP contribution in [0.3, 0.4) is 0 Å². The molecule has 2 heterocycles. The molecule has 0 spiro atoms. The van der Waals surface area contributed by atoms with Crippen molar-refractivity contribution in [2.75, 3.05) is 0 Å². The highest BCUT2D eigenvalue weighted by molar-refractivity contribution is 8.18. The highest BCUT2D eigenvalue weighted by Crippen LogP contribution is 2.32. The van der Waals surface area contributed by atoms with E-state index in [1.807, 2.05) is 30.3 Å². The predicted molar refractivity (Wildman–Crippen MR) is 116 cm³/mol. The Morgan fingerprint density at radius 2 is 1.80 bits per heavy atom. The zero-order chi connectivity index (χ0) is 20.9. The van der Waals surface area contributed by atoms with Crippen molar-refractivity contribution in [3.63, 3.8) is 0 Å². The second kappa shape index (κ2) is 8.58. The molecule has 1 amide bonds. The zero-order valence-electron chi connectivity index (χ0n) is 15.4. The van der Waals surface area contributed by atoms with Gasteiger partial charge in [0.25, 0.3) is 11.6 Å². The molecule has 1 aromatic heterocycles. The largest absolute Gasteiger partial charge is 0.456 e. The lowest BCUT2D eigenvalue weighted by Gasteiger charge is -1.98. The Kier molecular flexibility index (Phi) is 5.53. The smallest absolute Gasteiger partial charge is 0.280 e. The summed E-state index contributed by atoms with van der Waals surface area (Å²) in [6.45, 7) is 0. The molecule has 0 atom stereocenters. The molecule has 8 nitrogen and oxygen atoms in total. The number of nitro benzene ring substituents is 1. The number of carbonyl (C=O) groups is 1. The van der Waals surface area contributed by atoms with Crippen LogP contribution in [0.25, 0.3) is 17.4 Å². The van der Waals surface area contributed by atoms with Gasteiger partial charge in [-0.3, -0.25) is 20.2 Å². The third-order valence-electron chi connectivity index (χ3n) is 4.07. The van der Waals surface area contributed by atoms with E-state index in [1.165, 1.54) is 6.07 Å². The number of furan rings is 1. The number of rotatable bonds is 5. The molecule has 1 saturated heterocycles. The molecule has 1 N–H and O–H groups in total. The minimum Gasteiger partial charge on any atom is -0.456 e. The third kappa shape index (κ3) is 4.36. The van der Waals surface area contributed by atoms with Crippen LogP contribution in [0.15, 0.2) is 86.3 Å². The summed E-state index contributed by atoms with van der Waals surface area (Å²) >= 11 is 1.13. The molecule has 1 fully saturated rings. The minimum absolute atomic E-state index is 0.0512. The fraction of sp³-hybridized carbons (Fsp3) is 0. The molecule has 30 heavy (non-hydrogen) atoms. The first-order chi connectivity index (χ1) is 14.6. The molecule has 148 valence electrons. The Labute approximate surface area is 175 Å². The van der Waals surface area contributed by atoms with Crippen LogP contribution < -0.4 is 5.32 Å². The average molecular weight is 418 g/mol. The second-order valence-electron chi connectivity index (χ2n) is 6.10. The van der Waals surface area contributed by atoms with Crippen LogP contribution in [0.5, 0.6) is 0 Å². The molecule has 2 aromatic carbocycles. The number of nitrogens with one attached hydrogen (secondary N) is 1. The molecule has 3 aromatic rings. The Balaban J connectivity index is 1.51. The van der Waals surface area contributed by atoms with Gasteiger partial charge in [0, 0.05) is 12.1 Å². The van der Waals surface area contributed by atoms with Gasteiger partial charge in [0.2, 0.25) is 0 Å². The maximum Gasteiger partial charge on any atom is 0.280 e. The van der Waals surface area contributed by atoms with Gasteiger partial charge in [-0.25, -0.2) is 0 Å². The number of nitrogens with zero attached hydrogens (tertiary/aromatic N) is 3. The van der Waals surface area contributed by atoms with Crippen molar-refractivity contribution in [2.45, 2.75) is 0 Å². The van der Waals surface area contributed by atoms with Crippen LogP contribution in [0.1, 0.15) is 11.3 Å². The van der Waals surface area contributed by atoms with E-state index in [2.05, 4.69) is 15.5 Å². The fourth-order valence-corrected chi connectivity index (χ4v) is 3.47. The van der Waals surface area contributed by atoms with Gasteiger partial charge in [0.05, 0.1) is 21.6 Å². The lowest BCUT2D eigenvalue weighted by molar-refractivity contribution is -0.384. The highest BCUT2D eigenvalue weighted by atomic mass is 32.2. The predicted octanol–water partition coefficient (Wildman–Crippen LogP) is 4.45. The molecule has 1 aliphatic rings. The van der Waals surface area contributed by atoms with Gasteiger partial charge in [0.1, 0.15) is 11.5 Å². The minimum atomic E-state index is -0.463. The number of thioether (sulfide) groups is 1. The number of benzene rings is 2. The first-order valence-corrected chi connectivity index (χ1v) is 9.62. The van der Waals surface area contributed by atoms with Crippen molar-refractivity contribution in [3.05, 3.63) is 93.1 Å². The highest BCUT2D eigenvalue weighted by Gasteiger charge is 2.25. The van der Waals surface area contributed by atoms with E-state index in [-0.39, 0.29) is 11.6 Å². The number of amidine groups is 1. The Hall–Kier alpha value is -3.98. The molecule has 0 saturated carbocycles. The fourth-order valence-electron chi connectivity index (χ4n) is 2.71. The molecule has 0 radical (unpaired) electrons. The van der Waals surface area contributed by atoms with Gasteiger partial charge in [0.15, 0.2) is 5.17 Å².